The molecule has 0 aliphatic rings. The SMILES string of the molecule is CCOC(=O)c1cc(F)nc(C(F)F)c1C. The summed E-state index contributed by atoms with van der Waals surface area (Å²) >= 11 is 0. The van der Waals surface area contributed by atoms with E-state index in [1.54, 1.807) is 6.92 Å². The first-order chi connectivity index (χ1) is 7.47. The lowest BCUT2D eigenvalue weighted by molar-refractivity contribution is 0.0523. The molecule has 88 valence electrons. The van der Waals surface area contributed by atoms with Crippen LogP contribution in [-0.2, 0) is 4.74 Å². The molecule has 1 aromatic rings. The molecular weight excluding hydrogens is 223 g/mol. The second-order valence-electron chi connectivity index (χ2n) is 3.02. The van der Waals surface area contributed by atoms with E-state index in [-0.39, 0.29) is 17.7 Å². The lowest BCUT2D eigenvalue weighted by Gasteiger charge is -2.09. The number of halogens is 3. The van der Waals surface area contributed by atoms with Crippen molar-refractivity contribution in [3.05, 3.63) is 28.8 Å². The average Bonchev–Trinajstić information content (AvgIpc) is 2.20. The van der Waals surface area contributed by atoms with Crippen molar-refractivity contribution in [3.63, 3.8) is 0 Å². The number of pyridine rings is 1. The van der Waals surface area contributed by atoms with Gasteiger partial charge in [0, 0.05) is 6.07 Å². The minimum atomic E-state index is -2.93. The topological polar surface area (TPSA) is 39.2 Å². The summed E-state index contributed by atoms with van der Waals surface area (Å²) in [5.41, 5.74) is -1.01. The standard InChI is InChI=1S/C10H10F3NO2/c1-3-16-10(15)6-4-7(11)14-8(5(6)2)9(12)13/h4,9H,3H2,1-2H3. The van der Waals surface area contributed by atoms with Gasteiger partial charge in [0.1, 0.15) is 5.69 Å². The molecule has 0 aliphatic carbocycles. The van der Waals surface area contributed by atoms with E-state index in [0.29, 0.717) is 0 Å². The second-order valence-corrected chi connectivity index (χ2v) is 3.02. The molecule has 0 spiro atoms. The van der Waals surface area contributed by atoms with E-state index in [0.717, 1.165) is 6.07 Å². The molecule has 1 heterocycles. The van der Waals surface area contributed by atoms with Crippen molar-refractivity contribution in [1.29, 1.82) is 0 Å². The number of nitrogens with zero attached hydrogens (tertiary/aromatic N) is 1. The van der Waals surface area contributed by atoms with Gasteiger partial charge in [0.05, 0.1) is 12.2 Å². The number of esters is 1. The van der Waals surface area contributed by atoms with Gasteiger partial charge in [-0.3, -0.25) is 0 Å². The van der Waals surface area contributed by atoms with Crippen LogP contribution in [0.2, 0.25) is 0 Å². The van der Waals surface area contributed by atoms with Crippen LogP contribution < -0.4 is 0 Å². The van der Waals surface area contributed by atoms with E-state index in [1.165, 1.54) is 6.92 Å². The summed E-state index contributed by atoms with van der Waals surface area (Å²) in [5.74, 6) is -1.95. The van der Waals surface area contributed by atoms with Crippen LogP contribution in [0, 0.1) is 12.9 Å². The molecule has 0 bridgehead atoms. The molecule has 3 nitrogen and oxygen atoms in total. The highest BCUT2D eigenvalue weighted by Gasteiger charge is 2.21. The molecule has 0 aliphatic heterocycles. The first-order valence-electron chi connectivity index (χ1n) is 4.59. The molecule has 0 radical (unpaired) electrons. The van der Waals surface area contributed by atoms with Gasteiger partial charge in [-0.25, -0.2) is 18.6 Å². The van der Waals surface area contributed by atoms with Crippen LogP contribution in [0.5, 0.6) is 0 Å². The molecule has 1 rings (SSSR count). The quantitative estimate of drug-likeness (QED) is 0.595. The maximum atomic E-state index is 12.9. The predicted molar refractivity (Wildman–Crippen MR) is 49.8 cm³/mol. The van der Waals surface area contributed by atoms with Crippen LogP contribution in [0.4, 0.5) is 13.2 Å². The molecule has 16 heavy (non-hydrogen) atoms. The number of aromatic nitrogens is 1. The van der Waals surface area contributed by atoms with Crippen molar-refractivity contribution in [2.24, 2.45) is 0 Å². The lowest BCUT2D eigenvalue weighted by atomic mass is 10.1. The van der Waals surface area contributed by atoms with Crippen molar-refractivity contribution in [1.82, 2.24) is 4.98 Å². The summed E-state index contributed by atoms with van der Waals surface area (Å²) in [7, 11) is 0. The number of alkyl halides is 2. The van der Waals surface area contributed by atoms with Crippen LogP contribution in [-0.4, -0.2) is 17.6 Å². The third-order valence-electron chi connectivity index (χ3n) is 1.98. The molecule has 0 N–H and O–H groups in total. The molecular formula is C10H10F3NO2. The Hall–Kier alpha value is -1.59. The third kappa shape index (κ3) is 2.50. The van der Waals surface area contributed by atoms with Gasteiger partial charge in [-0.15, -0.1) is 0 Å². The lowest BCUT2D eigenvalue weighted by Crippen LogP contribution is -2.11. The van der Waals surface area contributed by atoms with Gasteiger partial charge < -0.3 is 4.74 Å². The van der Waals surface area contributed by atoms with Gasteiger partial charge in [-0.1, -0.05) is 0 Å². The van der Waals surface area contributed by atoms with Gasteiger partial charge in [-0.2, -0.15) is 4.39 Å². The van der Waals surface area contributed by atoms with Crippen LogP contribution in [0.1, 0.15) is 35.0 Å². The summed E-state index contributed by atoms with van der Waals surface area (Å²) in [6, 6.07) is 0.791. The van der Waals surface area contributed by atoms with Gasteiger partial charge in [-0.05, 0) is 19.4 Å². The summed E-state index contributed by atoms with van der Waals surface area (Å²) in [6.45, 7) is 2.94. The van der Waals surface area contributed by atoms with Gasteiger partial charge in [0.25, 0.3) is 6.43 Å². The highest BCUT2D eigenvalue weighted by atomic mass is 19.3. The monoisotopic (exact) mass is 233 g/mol. The molecule has 0 amide bonds. The number of carbonyl (C=O) groups excluding carboxylic acids is 1. The smallest absolute Gasteiger partial charge is 0.338 e. The van der Waals surface area contributed by atoms with Gasteiger partial charge in [0.2, 0.25) is 5.95 Å². The Morgan fingerprint density at radius 2 is 2.19 bits per heavy atom. The molecule has 0 fully saturated rings. The molecule has 0 saturated heterocycles. The van der Waals surface area contributed by atoms with Crippen molar-refractivity contribution in [2.75, 3.05) is 6.61 Å². The van der Waals surface area contributed by atoms with Gasteiger partial charge in [0.15, 0.2) is 0 Å². The minimum absolute atomic E-state index is 0.0603. The zero-order valence-corrected chi connectivity index (χ0v) is 8.76. The summed E-state index contributed by atoms with van der Waals surface area (Å²) < 4.78 is 42.4. The molecule has 0 saturated carbocycles. The van der Waals surface area contributed by atoms with Gasteiger partial charge >= 0.3 is 5.97 Å². The van der Waals surface area contributed by atoms with Crippen molar-refractivity contribution >= 4 is 5.97 Å². The van der Waals surface area contributed by atoms with Crippen LogP contribution in [0.15, 0.2) is 6.07 Å². The zero-order chi connectivity index (χ0) is 12.3. The van der Waals surface area contributed by atoms with E-state index in [1.807, 2.05) is 0 Å². The van der Waals surface area contributed by atoms with Crippen molar-refractivity contribution in [3.8, 4) is 0 Å². The van der Waals surface area contributed by atoms with E-state index in [4.69, 9.17) is 0 Å². The second kappa shape index (κ2) is 4.96. The summed E-state index contributed by atoms with van der Waals surface area (Å²) in [6.07, 6.45) is -2.93. The fourth-order valence-corrected chi connectivity index (χ4v) is 1.23. The normalized spacial score (nSPS) is 10.6. The first-order valence-corrected chi connectivity index (χ1v) is 4.59. The number of carbonyl (C=O) groups is 1. The highest BCUT2D eigenvalue weighted by Crippen LogP contribution is 2.23. The number of ether oxygens (including phenoxy) is 1. The third-order valence-corrected chi connectivity index (χ3v) is 1.98. The number of hydrogen-bond donors (Lipinski definition) is 0. The van der Waals surface area contributed by atoms with Crippen molar-refractivity contribution in [2.45, 2.75) is 20.3 Å². The predicted octanol–water partition coefficient (Wildman–Crippen LogP) is 2.64. The maximum Gasteiger partial charge on any atom is 0.338 e. The largest absolute Gasteiger partial charge is 0.462 e. The molecule has 0 unspecified atom stereocenters. The van der Waals surface area contributed by atoms with Crippen LogP contribution >= 0.6 is 0 Å². The average molecular weight is 233 g/mol. The summed E-state index contributed by atoms with van der Waals surface area (Å²) in [4.78, 5) is 14.4. The number of rotatable bonds is 3. The Morgan fingerprint density at radius 1 is 1.56 bits per heavy atom. The number of hydrogen-bond acceptors (Lipinski definition) is 3. The fraction of sp³-hybridized carbons (Fsp3) is 0.400. The Morgan fingerprint density at radius 3 is 2.69 bits per heavy atom. The maximum absolute atomic E-state index is 12.9. The van der Waals surface area contributed by atoms with Crippen LogP contribution in [0.3, 0.4) is 0 Å². The molecule has 1 aromatic heterocycles. The van der Waals surface area contributed by atoms with E-state index >= 15 is 0 Å². The Kier molecular flexibility index (Phi) is 3.87. The highest BCUT2D eigenvalue weighted by molar-refractivity contribution is 5.91. The zero-order valence-electron chi connectivity index (χ0n) is 8.76. The molecule has 0 aromatic carbocycles. The van der Waals surface area contributed by atoms with E-state index in [2.05, 4.69) is 9.72 Å². The Bertz CT molecular complexity index is 407. The fourth-order valence-electron chi connectivity index (χ4n) is 1.23. The minimum Gasteiger partial charge on any atom is -0.462 e. The van der Waals surface area contributed by atoms with E-state index < -0.39 is 24.0 Å². The van der Waals surface area contributed by atoms with Crippen molar-refractivity contribution < 1.29 is 22.7 Å². The Labute approximate surface area is 90.2 Å². The first kappa shape index (κ1) is 12.5. The van der Waals surface area contributed by atoms with Crippen LogP contribution in [0.25, 0.3) is 0 Å². The van der Waals surface area contributed by atoms with E-state index in [9.17, 15) is 18.0 Å². The summed E-state index contributed by atoms with van der Waals surface area (Å²) in [5, 5.41) is 0. The Balaban J connectivity index is 3.24. The molecule has 0 atom stereocenters. The molecule has 6 heteroatoms.